The van der Waals surface area contributed by atoms with Crippen molar-refractivity contribution < 1.29 is 0 Å². The van der Waals surface area contributed by atoms with Gasteiger partial charge in [0.1, 0.15) is 5.40 Å². The Hall–Kier alpha value is 1.65. The maximum atomic E-state index is 7.18. The Morgan fingerprint density at radius 3 is 1.75 bits per heavy atom. The van der Waals surface area contributed by atoms with Gasteiger partial charge in [0.05, 0.1) is 0 Å². The molecule has 0 aliphatic carbocycles. The van der Waals surface area contributed by atoms with E-state index in [2.05, 4.69) is 12.6 Å². The summed E-state index contributed by atoms with van der Waals surface area (Å²) in [5, 5.41) is 8.63. The summed E-state index contributed by atoms with van der Waals surface area (Å²) in [6, 6.07) is 0. The molecule has 0 saturated carbocycles. The van der Waals surface area contributed by atoms with E-state index in [1.807, 2.05) is 0 Å². The second-order valence-electron chi connectivity index (χ2n) is 0.100. The molecule has 1 nitrogen and oxygen atoms in total. The molecule has 0 aliphatic heterocycles. The van der Waals surface area contributed by atoms with Gasteiger partial charge >= 0.3 is 58.2 Å². The van der Waals surface area contributed by atoms with Crippen molar-refractivity contribution in [3.05, 3.63) is 0 Å². The minimum absolute atomic E-state index is 0. The van der Waals surface area contributed by atoms with Gasteiger partial charge in [0.15, 0.2) is 0 Å². The zero-order valence-corrected chi connectivity index (χ0v) is 2.29. The number of hydrogen-bond donors (Lipinski definition) is 1. The summed E-state index contributed by atoms with van der Waals surface area (Å²) in [6.45, 7) is 0. The van der Waals surface area contributed by atoms with Gasteiger partial charge in [-0.25, -0.2) is 0 Å². The van der Waals surface area contributed by atoms with Crippen molar-refractivity contribution >= 4 is 70.8 Å². The summed E-state index contributed by atoms with van der Waals surface area (Å²) in [5.41, 5.74) is 0. The van der Waals surface area contributed by atoms with Crippen LogP contribution < -0.4 is 0 Å². The van der Waals surface area contributed by atoms with Crippen molar-refractivity contribution in [3.63, 3.8) is 0 Å². The zero-order chi connectivity index (χ0) is 2.71. The topological polar surface area (TPSA) is 23.8 Å². The standard InChI is InChI=1S/CHNS.Rb.H/c2-1-3;;/h3H;;. The van der Waals surface area contributed by atoms with Crippen LogP contribution in [0.5, 0.6) is 0 Å². The Bertz CT molecular complexity index is 29.5. The van der Waals surface area contributed by atoms with E-state index in [1.54, 1.807) is 0 Å². The molecule has 0 N–H and O–H groups in total. The third-order valence-corrected chi connectivity index (χ3v) is 0. The summed E-state index contributed by atoms with van der Waals surface area (Å²) >= 11 is 3.09. The summed E-state index contributed by atoms with van der Waals surface area (Å²) in [7, 11) is 0. The van der Waals surface area contributed by atoms with Crippen molar-refractivity contribution in [2.45, 2.75) is 0 Å². The van der Waals surface area contributed by atoms with Gasteiger partial charge in [-0.1, -0.05) is 12.6 Å². The second kappa shape index (κ2) is 8.82. The van der Waals surface area contributed by atoms with Gasteiger partial charge in [-0.05, 0) is 0 Å². The molecule has 3 heteroatoms. The first-order chi connectivity index (χ1) is 1.41. The molecule has 0 amide bonds. The molecule has 0 spiro atoms. The van der Waals surface area contributed by atoms with Crippen molar-refractivity contribution in [2.24, 2.45) is 0 Å². The van der Waals surface area contributed by atoms with Crippen LogP contribution in [-0.2, 0) is 0 Å². The quantitative estimate of drug-likeness (QED) is 0.369. The van der Waals surface area contributed by atoms with Crippen LogP contribution in [0.2, 0.25) is 0 Å². The van der Waals surface area contributed by atoms with Crippen molar-refractivity contribution in [3.8, 4) is 5.40 Å². The number of rotatable bonds is 0. The number of nitrogens with zero attached hydrogens (tertiary/aromatic N) is 1. The second-order valence-corrected chi connectivity index (χ2v) is 0.300. The Balaban J connectivity index is 0. The molecule has 0 aliphatic rings. The number of nitriles is 1. The van der Waals surface area contributed by atoms with Crippen molar-refractivity contribution in [1.29, 1.82) is 5.26 Å². The fourth-order valence-electron chi connectivity index (χ4n) is 0. The third-order valence-electron chi connectivity index (χ3n) is 0. The molecule has 0 rings (SSSR count). The van der Waals surface area contributed by atoms with Crippen LogP contribution in [0.15, 0.2) is 0 Å². The van der Waals surface area contributed by atoms with Crippen LogP contribution >= 0.6 is 12.6 Å². The molecule has 0 atom stereocenters. The molecule has 0 unspecified atom stereocenters. The molecule has 0 aromatic carbocycles. The first-order valence-corrected chi connectivity index (χ1v) is 0.894. The third kappa shape index (κ3) is 9.42. The molecule has 0 fully saturated rings. The van der Waals surface area contributed by atoms with Crippen molar-refractivity contribution in [1.82, 2.24) is 0 Å². The van der Waals surface area contributed by atoms with E-state index < -0.39 is 0 Å². The molecule has 0 radical (unpaired) electrons. The molecular weight excluding hydrogens is 144 g/mol. The first-order valence-electron chi connectivity index (χ1n) is 0.447. The van der Waals surface area contributed by atoms with Gasteiger partial charge in [-0.15, -0.1) is 0 Å². The number of thiol groups is 1. The Morgan fingerprint density at radius 2 is 1.75 bits per heavy atom. The van der Waals surface area contributed by atoms with E-state index >= 15 is 0 Å². The zero-order valence-electron chi connectivity index (χ0n) is 1.39. The van der Waals surface area contributed by atoms with Gasteiger partial charge in [0, 0.05) is 0 Å². The van der Waals surface area contributed by atoms with Crippen molar-refractivity contribution in [2.75, 3.05) is 0 Å². The van der Waals surface area contributed by atoms with Gasteiger partial charge in [-0.2, -0.15) is 5.26 Å². The van der Waals surface area contributed by atoms with E-state index in [1.165, 1.54) is 5.40 Å². The van der Waals surface area contributed by atoms with Crippen LogP contribution in [0, 0.1) is 10.7 Å². The molecular formula is CH2NRbS. The minimum atomic E-state index is 0. The van der Waals surface area contributed by atoms with Gasteiger partial charge in [-0.3, -0.25) is 0 Å². The van der Waals surface area contributed by atoms with Crippen LogP contribution in [0.3, 0.4) is 0 Å². The predicted molar refractivity (Wildman–Crippen MR) is 21.7 cm³/mol. The fourth-order valence-corrected chi connectivity index (χ4v) is 0. The molecule has 0 aromatic heterocycles. The molecule has 0 bridgehead atoms. The fraction of sp³-hybridized carbons (Fsp3) is 0. The maximum absolute atomic E-state index is 7.18. The predicted octanol–water partition coefficient (Wildman–Crippen LogP) is -0.251. The molecule has 18 valence electrons. The number of hydrogen-bond acceptors (Lipinski definition) is 2. The van der Waals surface area contributed by atoms with E-state index in [0.717, 1.165) is 0 Å². The van der Waals surface area contributed by atoms with Gasteiger partial charge in [0.25, 0.3) is 0 Å². The average molecular weight is 146 g/mol. The molecule has 4 heavy (non-hydrogen) atoms. The summed E-state index contributed by atoms with van der Waals surface area (Å²) in [5.74, 6) is 0. The van der Waals surface area contributed by atoms with E-state index in [0.29, 0.717) is 0 Å². The van der Waals surface area contributed by atoms with E-state index in [-0.39, 0.29) is 58.2 Å². The average Bonchev–Trinajstić information content (AvgIpc) is 0.918. The van der Waals surface area contributed by atoms with E-state index in [9.17, 15) is 0 Å². The molecule has 0 aromatic rings. The summed E-state index contributed by atoms with van der Waals surface area (Å²) in [4.78, 5) is 0. The van der Waals surface area contributed by atoms with Crippen LogP contribution in [0.25, 0.3) is 0 Å². The molecule has 0 heterocycles. The van der Waals surface area contributed by atoms with Crippen LogP contribution in [-0.4, -0.2) is 58.2 Å². The SMILES string of the molecule is N#CS.[RbH]. The Labute approximate surface area is 79.6 Å². The summed E-state index contributed by atoms with van der Waals surface area (Å²) in [6.07, 6.45) is 0. The number of thiocyanates is 1. The monoisotopic (exact) mass is 145 g/mol. The van der Waals surface area contributed by atoms with Crippen LogP contribution in [0.4, 0.5) is 0 Å². The molecule has 0 saturated heterocycles. The van der Waals surface area contributed by atoms with E-state index in [4.69, 9.17) is 5.26 Å². The summed E-state index contributed by atoms with van der Waals surface area (Å²) < 4.78 is 0. The Kier molecular flexibility index (Phi) is 20.2. The normalized spacial score (nSPS) is 2.00. The van der Waals surface area contributed by atoms with Gasteiger partial charge < -0.3 is 0 Å². The first kappa shape index (κ1) is 9.17. The Morgan fingerprint density at radius 1 is 1.75 bits per heavy atom. The van der Waals surface area contributed by atoms with Gasteiger partial charge in [0.2, 0.25) is 0 Å². The van der Waals surface area contributed by atoms with Crippen LogP contribution in [0.1, 0.15) is 0 Å².